The van der Waals surface area contributed by atoms with Crippen LogP contribution in [0.15, 0.2) is 30.3 Å². The van der Waals surface area contributed by atoms with Crippen LogP contribution >= 0.6 is 0 Å². The number of esters is 1. The van der Waals surface area contributed by atoms with Crippen LogP contribution in [-0.4, -0.2) is 123 Å². The molecule has 2 bridgehead atoms. The number of amides is 4. The molecule has 1 aromatic rings. The van der Waals surface area contributed by atoms with E-state index < -0.39 is 42.2 Å². The number of nitrogens with zero attached hydrogens (tertiary/aromatic N) is 2. The molecule has 11 atom stereocenters. The van der Waals surface area contributed by atoms with Crippen molar-refractivity contribution in [3.63, 3.8) is 0 Å². The summed E-state index contributed by atoms with van der Waals surface area (Å²) in [6, 6.07) is 7.05. The smallest absolute Gasteiger partial charge is 0.328 e. The molecule has 2 saturated heterocycles. The van der Waals surface area contributed by atoms with Gasteiger partial charge < -0.3 is 40.0 Å². The van der Waals surface area contributed by atoms with Crippen LogP contribution < -0.4 is 16.0 Å². The summed E-state index contributed by atoms with van der Waals surface area (Å²) in [6.45, 7) is 10.2. The number of likely N-dealkylation sites (N-methyl/N-ethyl adjacent to an activating group) is 1. The quantitative estimate of drug-likeness (QED) is 0.181. The van der Waals surface area contributed by atoms with Crippen molar-refractivity contribution in [3.8, 4) is 0 Å². The molecule has 2 heterocycles. The maximum atomic E-state index is 14.2. The van der Waals surface area contributed by atoms with Crippen LogP contribution in [0.4, 0.5) is 0 Å². The fourth-order valence-corrected chi connectivity index (χ4v) is 8.92. The first-order valence-corrected chi connectivity index (χ1v) is 19.9. The van der Waals surface area contributed by atoms with Gasteiger partial charge in [-0.3, -0.25) is 19.2 Å². The minimum absolute atomic E-state index is 0.0177. The van der Waals surface area contributed by atoms with Crippen molar-refractivity contribution in [2.24, 2.45) is 23.7 Å². The van der Waals surface area contributed by atoms with Crippen LogP contribution in [0.1, 0.15) is 85.1 Å². The van der Waals surface area contributed by atoms with Crippen molar-refractivity contribution in [2.45, 2.75) is 134 Å². The Bertz CT molecular complexity index is 1430. The van der Waals surface area contributed by atoms with E-state index in [1.54, 1.807) is 30.9 Å². The van der Waals surface area contributed by atoms with E-state index in [1.807, 2.05) is 58.0 Å². The molecule has 13 nitrogen and oxygen atoms in total. The van der Waals surface area contributed by atoms with E-state index in [0.717, 1.165) is 37.7 Å². The summed E-state index contributed by atoms with van der Waals surface area (Å²) < 4.78 is 17.0. The van der Waals surface area contributed by atoms with Gasteiger partial charge in [0.2, 0.25) is 23.6 Å². The minimum Gasteiger partial charge on any atom is -0.467 e. The number of hydrogen-bond donors (Lipinski definition) is 3. The number of carbonyl (C=O) groups is 5. The van der Waals surface area contributed by atoms with Gasteiger partial charge in [-0.1, -0.05) is 71.4 Å². The van der Waals surface area contributed by atoms with E-state index in [0.29, 0.717) is 24.9 Å². The molecule has 3 aliphatic rings. The maximum absolute atomic E-state index is 14.2. The topological polar surface area (TPSA) is 156 Å². The van der Waals surface area contributed by atoms with Gasteiger partial charge in [0.1, 0.15) is 12.1 Å². The number of nitrogens with one attached hydrogen (secondary N) is 3. The number of benzene rings is 1. The van der Waals surface area contributed by atoms with Crippen LogP contribution in [-0.2, 0) is 44.6 Å². The Balaban J connectivity index is 1.45. The Morgan fingerprint density at radius 1 is 0.963 bits per heavy atom. The summed E-state index contributed by atoms with van der Waals surface area (Å²) >= 11 is 0. The standard InChI is InChI=1S/C41H65N5O8/c1-10-25(4)36(45(6)40(50)34(24(2)3)44-39(49)35-28-18-19-29(22-28)42-35)32(52-7)23-33(47)46-20-14-17-31(46)37(53-8)26(5)38(48)43-30(41(51)54-9)21-27-15-12-11-13-16-27/h11-13,15-16,24-26,28-32,34-37,42H,10,14,17-23H2,1-9H3,(H,43,48)(H,44,49)/t25-,26+,28-,29+,30-,31-,32?,34-,35-,36-,37?/m0/s1. The minimum atomic E-state index is -0.885. The summed E-state index contributed by atoms with van der Waals surface area (Å²) in [4.78, 5) is 71.6. The van der Waals surface area contributed by atoms with Crippen molar-refractivity contribution in [2.75, 3.05) is 34.9 Å². The fourth-order valence-electron chi connectivity index (χ4n) is 8.92. The number of methoxy groups -OCH3 is 3. The van der Waals surface area contributed by atoms with Gasteiger partial charge in [-0.2, -0.15) is 0 Å². The van der Waals surface area contributed by atoms with Crippen LogP contribution in [0.2, 0.25) is 0 Å². The molecule has 302 valence electrons. The lowest BCUT2D eigenvalue weighted by Gasteiger charge is -2.41. The molecular formula is C41H65N5O8. The van der Waals surface area contributed by atoms with Crippen LogP contribution in [0.3, 0.4) is 0 Å². The van der Waals surface area contributed by atoms with Gasteiger partial charge in [0.15, 0.2) is 0 Å². The Kier molecular flexibility index (Phi) is 15.9. The normalized spacial score (nSPS) is 24.6. The zero-order chi connectivity index (χ0) is 39.7. The predicted octanol–water partition coefficient (Wildman–Crippen LogP) is 3.09. The van der Waals surface area contributed by atoms with Gasteiger partial charge >= 0.3 is 5.97 Å². The predicted molar refractivity (Wildman–Crippen MR) is 205 cm³/mol. The van der Waals surface area contributed by atoms with Gasteiger partial charge in [-0.05, 0) is 55.4 Å². The van der Waals surface area contributed by atoms with E-state index in [9.17, 15) is 24.0 Å². The molecule has 1 saturated carbocycles. The number of carbonyl (C=O) groups excluding carboxylic acids is 5. The zero-order valence-corrected chi connectivity index (χ0v) is 33.8. The molecule has 2 unspecified atom stereocenters. The van der Waals surface area contributed by atoms with E-state index in [2.05, 4.69) is 16.0 Å². The summed E-state index contributed by atoms with van der Waals surface area (Å²) in [5, 5.41) is 9.37. The highest BCUT2D eigenvalue weighted by Gasteiger charge is 2.46. The van der Waals surface area contributed by atoms with Gasteiger partial charge in [0, 0.05) is 40.3 Å². The lowest BCUT2D eigenvalue weighted by molar-refractivity contribution is -0.148. The molecule has 13 heteroatoms. The number of fused-ring (bicyclic) bond motifs is 2. The molecule has 0 aromatic heterocycles. The van der Waals surface area contributed by atoms with Gasteiger partial charge in [0.05, 0.1) is 49.8 Å². The Morgan fingerprint density at radius 3 is 2.22 bits per heavy atom. The molecule has 1 aromatic carbocycles. The molecule has 3 N–H and O–H groups in total. The average Bonchev–Trinajstić information content (AvgIpc) is 3.95. The van der Waals surface area contributed by atoms with Gasteiger partial charge in [0.25, 0.3) is 0 Å². The molecule has 2 aliphatic heterocycles. The average molecular weight is 756 g/mol. The van der Waals surface area contributed by atoms with Gasteiger partial charge in [-0.15, -0.1) is 0 Å². The lowest BCUT2D eigenvalue weighted by Crippen LogP contribution is -2.60. The second-order valence-corrected chi connectivity index (χ2v) is 16.0. The van der Waals surface area contributed by atoms with Crippen molar-refractivity contribution < 1.29 is 38.2 Å². The number of rotatable bonds is 19. The SMILES string of the molecule is CC[C@H](C)[C@@H](C(CC(=O)N1CCC[C@H]1C(OC)[C@@H](C)C(=O)N[C@@H](Cc1ccccc1)C(=O)OC)OC)N(C)C(=O)[C@@H](NC(=O)[C@H]1N[C@@H]2CC[C@H]1C2)C(C)C. The van der Waals surface area contributed by atoms with E-state index in [-0.39, 0.29) is 60.4 Å². The number of likely N-dealkylation sites (tertiary alicyclic amines) is 1. The fraction of sp³-hybridized carbons (Fsp3) is 0.732. The first kappa shape index (κ1) is 43.2. The van der Waals surface area contributed by atoms with E-state index in [1.165, 1.54) is 14.2 Å². The molecule has 4 rings (SSSR count). The monoisotopic (exact) mass is 755 g/mol. The van der Waals surface area contributed by atoms with Crippen molar-refractivity contribution in [1.29, 1.82) is 0 Å². The van der Waals surface area contributed by atoms with Gasteiger partial charge in [-0.25, -0.2) is 4.79 Å². The summed E-state index contributed by atoms with van der Waals surface area (Å²) in [7, 11) is 6.13. The van der Waals surface area contributed by atoms with E-state index in [4.69, 9.17) is 14.2 Å². The summed E-state index contributed by atoms with van der Waals surface area (Å²) in [6.07, 6.45) is 4.26. The van der Waals surface area contributed by atoms with Crippen LogP contribution in [0, 0.1) is 23.7 Å². The zero-order valence-electron chi connectivity index (χ0n) is 33.8. The lowest BCUT2D eigenvalue weighted by atomic mass is 9.89. The highest BCUT2D eigenvalue weighted by molar-refractivity contribution is 5.90. The highest BCUT2D eigenvalue weighted by Crippen LogP contribution is 2.35. The third kappa shape index (κ3) is 10.2. The Morgan fingerprint density at radius 2 is 1.67 bits per heavy atom. The van der Waals surface area contributed by atoms with Crippen molar-refractivity contribution in [3.05, 3.63) is 35.9 Å². The largest absolute Gasteiger partial charge is 0.467 e. The highest BCUT2D eigenvalue weighted by atomic mass is 16.5. The molecule has 1 aliphatic carbocycles. The first-order chi connectivity index (χ1) is 25.8. The summed E-state index contributed by atoms with van der Waals surface area (Å²) in [5.74, 6) is -1.97. The van der Waals surface area contributed by atoms with Crippen LogP contribution in [0.25, 0.3) is 0 Å². The van der Waals surface area contributed by atoms with Crippen LogP contribution in [0.5, 0.6) is 0 Å². The molecule has 0 radical (unpaired) electrons. The Labute approximate surface area is 322 Å². The molecule has 3 fully saturated rings. The maximum Gasteiger partial charge on any atom is 0.328 e. The Hall–Kier alpha value is -3.55. The molecule has 54 heavy (non-hydrogen) atoms. The molecule has 4 amide bonds. The summed E-state index contributed by atoms with van der Waals surface area (Å²) in [5.41, 5.74) is 0.880. The molecular weight excluding hydrogens is 690 g/mol. The second-order valence-electron chi connectivity index (χ2n) is 16.0. The second kappa shape index (κ2) is 19.9. The third-order valence-corrected chi connectivity index (χ3v) is 12.2. The third-order valence-electron chi connectivity index (χ3n) is 12.2. The molecule has 0 spiro atoms. The first-order valence-electron chi connectivity index (χ1n) is 19.9. The number of piperidine rings is 1. The van der Waals surface area contributed by atoms with E-state index >= 15 is 0 Å². The number of ether oxygens (including phenoxy) is 3. The van der Waals surface area contributed by atoms with Crippen molar-refractivity contribution >= 4 is 29.6 Å². The number of hydrogen-bond acceptors (Lipinski definition) is 9. The van der Waals surface area contributed by atoms with Crippen molar-refractivity contribution in [1.82, 2.24) is 25.8 Å².